The molecule has 8 heteroatoms. The van der Waals surface area contributed by atoms with Crippen LogP contribution < -0.4 is 20.1 Å². The second-order valence-corrected chi connectivity index (χ2v) is 6.80. The molecule has 0 saturated carbocycles. The van der Waals surface area contributed by atoms with E-state index in [4.69, 9.17) is 9.47 Å². The number of hydrogen-bond acceptors (Lipinski definition) is 5. The molecule has 26 heavy (non-hydrogen) atoms. The van der Waals surface area contributed by atoms with Crippen LogP contribution in [-0.2, 0) is 12.1 Å². The molecule has 2 aromatic rings. The van der Waals surface area contributed by atoms with Gasteiger partial charge in [0, 0.05) is 6.54 Å². The zero-order valence-electron chi connectivity index (χ0n) is 14.8. The SMILES string of the molecule is CCNC(=NCc1ccc2c(c1)OCO2)NCC(C)(O)c1ccsc1.I. The molecule has 0 bridgehead atoms. The highest BCUT2D eigenvalue weighted by molar-refractivity contribution is 14.0. The Morgan fingerprint density at radius 3 is 2.81 bits per heavy atom. The van der Waals surface area contributed by atoms with Crippen molar-refractivity contribution in [2.24, 2.45) is 4.99 Å². The molecule has 1 aromatic carbocycles. The molecule has 2 heterocycles. The Morgan fingerprint density at radius 1 is 1.27 bits per heavy atom. The van der Waals surface area contributed by atoms with Crippen LogP contribution in [0.2, 0.25) is 0 Å². The van der Waals surface area contributed by atoms with Crippen LogP contribution in [0.1, 0.15) is 25.0 Å². The van der Waals surface area contributed by atoms with Gasteiger partial charge in [0.15, 0.2) is 17.5 Å². The normalized spacial score (nSPS) is 15.1. The highest BCUT2D eigenvalue weighted by Crippen LogP contribution is 2.32. The maximum atomic E-state index is 10.6. The smallest absolute Gasteiger partial charge is 0.231 e. The number of nitrogens with zero attached hydrogens (tertiary/aromatic N) is 1. The lowest BCUT2D eigenvalue weighted by molar-refractivity contribution is 0.0621. The van der Waals surface area contributed by atoms with E-state index in [0.29, 0.717) is 19.0 Å². The fraction of sp³-hybridized carbons (Fsp3) is 0.389. The molecule has 142 valence electrons. The van der Waals surface area contributed by atoms with Crippen molar-refractivity contribution in [3.8, 4) is 11.5 Å². The molecule has 1 unspecified atom stereocenters. The Morgan fingerprint density at radius 2 is 2.08 bits per heavy atom. The van der Waals surface area contributed by atoms with Crippen LogP contribution in [0, 0.1) is 0 Å². The molecule has 6 nitrogen and oxygen atoms in total. The van der Waals surface area contributed by atoms with Crippen molar-refractivity contribution in [2.75, 3.05) is 19.9 Å². The summed E-state index contributed by atoms with van der Waals surface area (Å²) in [6.45, 7) is 5.69. The molecule has 1 aliphatic heterocycles. The first-order valence-electron chi connectivity index (χ1n) is 8.24. The number of rotatable bonds is 6. The predicted molar refractivity (Wildman–Crippen MR) is 115 cm³/mol. The van der Waals surface area contributed by atoms with Crippen LogP contribution in [-0.4, -0.2) is 30.9 Å². The van der Waals surface area contributed by atoms with E-state index in [9.17, 15) is 5.11 Å². The summed E-state index contributed by atoms with van der Waals surface area (Å²) in [6, 6.07) is 7.75. The molecule has 0 spiro atoms. The Balaban J connectivity index is 0.00000243. The first-order valence-corrected chi connectivity index (χ1v) is 9.18. The van der Waals surface area contributed by atoms with E-state index in [1.54, 1.807) is 18.3 Å². The van der Waals surface area contributed by atoms with Crippen LogP contribution in [0.25, 0.3) is 0 Å². The average Bonchev–Trinajstić information content (AvgIpc) is 3.28. The summed E-state index contributed by atoms with van der Waals surface area (Å²) in [5.41, 5.74) is 0.984. The number of aliphatic hydroxyl groups is 1. The number of hydrogen-bond donors (Lipinski definition) is 3. The minimum Gasteiger partial charge on any atom is -0.454 e. The van der Waals surface area contributed by atoms with Crippen LogP contribution in [0.4, 0.5) is 0 Å². The van der Waals surface area contributed by atoms with Crippen molar-refractivity contribution in [2.45, 2.75) is 26.0 Å². The number of halogens is 1. The molecule has 1 aliphatic rings. The molecule has 0 radical (unpaired) electrons. The number of benzene rings is 1. The van der Waals surface area contributed by atoms with Crippen molar-refractivity contribution in [1.82, 2.24) is 10.6 Å². The highest BCUT2D eigenvalue weighted by Gasteiger charge is 2.23. The second kappa shape index (κ2) is 9.43. The molecule has 0 aliphatic carbocycles. The summed E-state index contributed by atoms with van der Waals surface area (Å²) >= 11 is 1.57. The topological polar surface area (TPSA) is 75.1 Å². The minimum atomic E-state index is -0.949. The van der Waals surface area contributed by atoms with Crippen LogP contribution >= 0.6 is 35.3 Å². The molecule has 1 atom stereocenters. The second-order valence-electron chi connectivity index (χ2n) is 6.02. The molecule has 0 amide bonds. The molecular formula is C18H24IN3O3S. The maximum Gasteiger partial charge on any atom is 0.231 e. The van der Waals surface area contributed by atoms with Gasteiger partial charge in [-0.1, -0.05) is 6.07 Å². The van der Waals surface area contributed by atoms with E-state index in [1.165, 1.54) is 0 Å². The lowest BCUT2D eigenvalue weighted by atomic mass is 9.99. The summed E-state index contributed by atoms with van der Waals surface area (Å²) in [5, 5.41) is 20.9. The van der Waals surface area contributed by atoms with Crippen LogP contribution in [0.3, 0.4) is 0 Å². The van der Waals surface area contributed by atoms with E-state index in [1.807, 2.05) is 41.9 Å². The third-order valence-electron chi connectivity index (χ3n) is 3.94. The van der Waals surface area contributed by atoms with Gasteiger partial charge in [0.25, 0.3) is 0 Å². The van der Waals surface area contributed by atoms with Gasteiger partial charge in [-0.3, -0.25) is 0 Å². The van der Waals surface area contributed by atoms with E-state index >= 15 is 0 Å². The number of ether oxygens (including phenoxy) is 2. The molecule has 3 N–H and O–H groups in total. The van der Waals surface area contributed by atoms with Crippen molar-refractivity contribution in [3.63, 3.8) is 0 Å². The monoisotopic (exact) mass is 489 g/mol. The van der Waals surface area contributed by atoms with E-state index in [2.05, 4.69) is 15.6 Å². The Hall–Kier alpha value is -1.52. The van der Waals surface area contributed by atoms with Gasteiger partial charge in [0.1, 0.15) is 5.60 Å². The van der Waals surface area contributed by atoms with Crippen molar-refractivity contribution >= 4 is 41.3 Å². The molecular weight excluding hydrogens is 465 g/mol. The van der Waals surface area contributed by atoms with Gasteiger partial charge >= 0.3 is 0 Å². The number of fused-ring (bicyclic) bond motifs is 1. The molecule has 0 fully saturated rings. The molecule has 0 saturated heterocycles. The first kappa shape index (κ1) is 20.8. The highest BCUT2D eigenvalue weighted by atomic mass is 127. The fourth-order valence-corrected chi connectivity index (χ4v) is 3.26. The molecule has 1 aromatic heterocycles. The van der Waals surface area contributed by atoms with Gasteiger partial charge in [-0.15, -0.1) is 24.0 Å². The summed E-state index contributed by atoms with van der Waals surface area (Å²) in [7, 11) is 0. The van der Waals surface area contributed by atoms with Gasteiger partial charge in [-0.2, -0.15) is 11.3 Å². The van der Waals surface area contributed by atoms with E-state index in [0.717, 1.165) is 29.2 Å². The first-order chi connectivity index (χ1) is 12.1. The third-order valence-corrected chi connectivity index (χ3v) is 4.63. The fourth-order valence-electron chi connectivity index (χ4n) is 2.48. The maximum absolute atomic E-state index is 10.6. The lowest BCUT2D eigenvalue weighted by Gasteiger charge is -2.24. The average molecular weight is 489 g/mol. The largest absolute Gasteiger partial charge is 0.454 e. The summed E-state index contributed by atoms with van der Waals surface area (Å²) in [6.07, 6.45) is 0. The number of guanidine groups is 1. The Kier molecular flexibility index (Phi) is 7.54. The number of thiophene rings is 1. The molecule has 3 rings (SSSR count). The minimum absolute atomic E-state index is 0. The lowest BCUT2D eigenvalue weighted by Crippen LogP contribution is -2.44. The number of nitrogens with one attached hydrogen (secondary N) is 2. The van der Waals surface area contributed by atoms with Gasteiger partial charge < -0.3 is 25.2 Å². The van der Waals surface area contributed by atoms with Gasteiger partial charge in [-0.25, -0.2) is 4.99 Å². The summed E-state index contributed by atoms with van der Waals surface area (Å²) in [5.74, 6) is 2.19. The van der Waals surface area contributed by atoms with Crippen molar-refractivity contribution < 1.29 is 14.6 Å². The van der Waals surface area contributed by atoms with Crippen LogP contribution in [0.15, 0.2) is 40.0 Å². The third kappa shape index (κ3) is 5.24. The predicted octanol–water partition coefficient (Wildman–Crippen LogP) is 3.06. The Labute approximate surface area is 174 Å². The zero-order valence-corrected chi connectivity index (χ0v) is 18.0. The van der Waals surface area contributed by atoms with Crippen molar-refractivity contribution in [3.05, 3.63) is 46.2 Å². The quantitative estimate of drug-likeness (QED) is 0.331. The standard InChI is InChI=1S/C18H23N3O3S.HI/c1-3-19-17(21-11-18(2,22)14-6-7-25-10-14)20-9-13-4-5-15-16(8-13)24-12-23-15;/h4-8,10,22H,3,9,11-12H2,1-2H3,(H2,19,20,21);1H. The van der Waals surface area contributed by atoms with Gasteiger partial charge in [-0.05, 0) is 53.9 Å². The van der Waals surface area contributed by atoms with Crippen LogP contribution in [0.5, 0.6) is 11.5 Å². The van der Waals surface area contributed by atoms with E-state index < -0.39 is 5.60 Å². The zero-order chi connectivity index (χ0) is 17.7. The van der Waals surface area contributed by atoms with Crippen molar-refractivity contribution in [1.29, 1.82) is 0 Å². The summed E-state index contributed by atoms with van der Waals surface area (Å²) in [4.78, 5) is 4.58. The summed E-state index contributed by atoms with van der Waals surface area (Å²) < 4.78 is 10.7. The van der Waals surface area contributed by atoms with Gasteiger partial charge in [0.05, 0.1) is 13.1 Å². The number of aliphatic imine (C=N–C) groups is 1. The Bertz CT molecular complexity index is 735. The van der Waals surface area contributed by atoms with Gasteiger partial charge in [0.2, 0.25) is 6.79 Å². The van der Waals surface area contributed by atoms with E-state index in [-0.39, 0.29) is 30.8 Å².